The normalized spacial score (nSPS) is 22.5. The van der Waals surface area contributed by atoms with E-state index in [0.29, 0.717) is 17.5 Å². The van der Waals surface area contributed by atoms with Crippen molar-refractivity contribution in [3.63, 3.8) is 0 Å². The number of benzene rings is 1. The Hall–Kier alpha value is -1.88. The Morgan fingerprint density at radius 2 is 1.68 bits per heavy atom. The third kappa shape index (κ3) is 4.03. The average molecular weight is 344 g/mol. The van der Waals surface area contributed by atoms with Crippen molar-refractivity contribution in [3.05, 3.63) is 35.4 Å². The van der Waals surface area contributed by atoms with Crippen LogP contribution in [0.4, 0.5) is 0 Å². The maximum absolute atomic E-state index is 12.1. The van der Waals surface area contributed by atoms with E-state index in [1.807, 2.05) is 30.9 Å². The molecule has 2 fully saturated rings. The van der Waals surface area contributed by atoms with Crippen LogP contribution in [-0.2, 0) is 4.79 Å². The van der Waals surface area contributed by atoms with Gasteiger partial charge in [-0.1, -0.05) is 26.0 Å². The van der Waals surface area contributed by atoms with Crippen LogP contribution in [0.5, 0.6) is 0 Å². The lowest BCUT2D eigenvalue weighted by Gasteiger charge is -2.37. The zero-order valence-electron chi connectivity index (χ0n) is 15.1. The molecule has 136 valence electrons. The molecule has 1 aromatic carbocycles. The van der Waals surface area contributed by atoms with Gasteiger partial charge in [0.2, 0.25) is 5.91 Å². The van der Waals surface area contributed by atoms with Gasteiger partial charge in [-0.2, -0.15) is 0 Å². The van der Waals surface area contributed by atoms with Gasteiger partial charge in [0.25, 0.3) is 0 Å². The molecule has 0 saturated carbocycles. The largest absolute Gasteiger partial charge is 0.478 e. The predicted octanol–water partition coefficient (Wildman–Crippen LogP) is 2.82. The average Bonchev–Trinajstić information content (AvgIpc) is 3.11. The first kappa shape index (κ1) is 17.9. The van der Waals surface area contributed by atoms with Crippen molar-refractivity contribution in [1.82, 2.24) is 9.80 Å². The van der Waals surface area contributed by atoms with Crippen LogP contribution in [-0.4, -0.2) is 59.0 Å². The number of carbonyl (C=O) groups excluding carboxylic acids is 1. The van der Waals surface area contributed by atoms with Gasteiger partial charge in [0.15, 0.2) is 0 Å². The van der Waals surface area contributed by atoms with Crippen molar-refractivity contribution in [3.8, 4) is 0 Å². The summed E-state index contributed by atoms with van der Waals surface area (Å²) in [6.07, 6.45) is 3.24. The summed E-state index contributed by atoms with van der Waals surface area (Å²) in [5, 5.41) is 9.01. The van der Waals surface area contributed by atoms with Gasteiger partial charge < -0.3 is 10.0 Å². The number of carboxylic acids is 1. The van der Waals surface area contributed by atoms with Crippen LogP contribution in [0.25, 0.3) is 0 Å². The minimum Gasteiger partial charge on any atom is -0.478 e. The van der Waals surface area contributed by atoms with Crippen molar-refractivity contribution in [2.75, 3.05) is 26.2 Å². The molecule has 2 aliphatic rings. The molecule has 2 saturated heterocycles. The molecule has 1 aromatic rings. The first-order valence-corrected chi connectivity index (χ1v) is 9.31. The molecule has 0 aromatic heterocycles. The maximum Gasteiger partial charge on any atom is 0.335 e. The Kier molecular flexibility index (Phi) is 5.42. The van der Waals surface area contributed by atoms with E-state index in [1.54, 1.807) is 12.1 Å². The van der Waals surface area contributed by atoms with Gasteiger partial charge in [0.05, 0.1) is 5.56 Å². The molecule has 0 spiro atoms. The Bertz CT molecular complexity index is 618. The van der Waals surface area contributed by atoms with E-state index >= 15 is 0 Å². The molecule has 0 bridgehead atoms. The lowest BCUT2D eigenvalue weighted by Crippen LogP contribution is -2.47. The SMILES string of the molecule is CC(C)C(=O)N1CCC(N2CCC(c3ccc(C(=O)O)cc3)C2)CC1. The first-order chi connectivity index (χ1) is 12.0. The second-order valence-corrected chi connectivity index (χ2v) is 7.62. The van der Waals surface area contributed by atoms with Crippen LogP contribution in [0.15, 0.2) is 24.3 Å². The number of hydrogen-bond donors (Lipinski definition) is 1. The monoisotopic (exact) mass is 344 g/mol. The Balaban J connectivity index is 1.53. The van der Waals surface area contributed by atoms with Crippen molar-refractivity contribution in [2.24, 2.45) is 5.92 Å². The molecular formula is C20H28N2O3. The second-order valence-electron chi connectivity index (χ2n) is 7.62. The smallest absolute Gasteiger partial charge is 0.335 e. The Labute approximate surface area is 149 Å². The van der Waals surface area contributed by atoms with Gasteiger partial charge in [0, 0.05) is 31.6 Å². The lowest BCUT2D eigenvalue weighted by molar-refractivity contribution is -0.136. The fourth-order valence-electron chi connectivity index (χ4n) is 4.11. The molecule has 5 nitrogen and oxygen atoms in total. The van der Waals surface area contributed by atoms with Crippen LogP contribution in [0.1, 0.15) is 54.9 Å². The number of carbonyl (C=O) groups is 2. The van der Waals surface area contributed by atoms with Crippen LogP contribution < -0.4 is 0 Å². The summed E-state index contributed by atoms with van der Waals surface area (Å²) >= 11 is 0. The molecule has 1 amide bonds. The highest BCUT2D eigenvalue weighted by Gasteiger charge is 2.32. The highest BCUT2D eigenvalue weighted by Crippen LogP contribution is 2.31. The quantitative estimate of drug-likeness (QED) is 0.912. The predicted molar refractivity (Wildman–Crippen MR) is 96.8 cm³/mol. The molecule has 0 aliphatic carbocycles. The molecule has 0 radical (unpaired) electrons. The van der Waals surface area contributed by atoms with E-state index in [4.69, 9.17) is 5.11 Å². The zero-order valence-corrected chi connectivity index (χ0v) is 15.1. The molecule has 2 aliphatic heterocycles. The number of carboxylic acid groups (broad SMARTS) is 1. The minimum atomic E-state index is -0.873. The van der Waals surface area contributed by atoms with Gasteiger partial charge in [-0.15, -0.1) is 0 Å². The molecule has 3 rings (SSSR count). The minimum absolute atomic E-state index is 0.0847. The summed E-state index contributed by atoms with van der Waals surface area (Å²) in [6.45, 7) is 7.81. The van der Waals surface area contributed by atoms with E-state index in [1.165, 1.54) is 5.56 Å². The Morgan fingerprint density at radius 3 is 2.24 bits per heavy atom. The molecule has 25 heavy (non-hydrogen) atoms. The lowest BCUT2D eigenvalue weighted by atomic mass is 9.97. The molecule has 1 N–H and O–H groups in total. The van der Waals surface area contributed by atoms with Crippen LogP contribution >= 0.6 is 0 Å². The number of piperidine rings is 1. The number of likely N-dealkylation sites (tertiary alicyclic amines) is 2. The molecular weight excluding hydrogens is 316 g/mol. The summed E-state index contributed by atoms with van der Waals surface area (Å²) < 4.78 is 0. The number of aromatic carboxylic acids is 1. The van der Waals surface area contributed by atoms with Gasteiger partial charge in [-0.05, 0) is 49.4 Å². The van der Waals surface area contributed by atoms with E-state index in [-0.39, 0.29) is 11.8 Å². The maximum atomic E-state index is 12.1. The topological polar surface area (TPSA) is 60.9 Å². The summed E-state index contributed by atoms with van der Waals surface area (Å²) in [6, 6.07) is 7.90. The van der Waals surface area contributed by atoms with Crippen molar-refractivity contribution >= 4 is 11.9 Å². The highest BCUT2D eigenvalue weighted by atomic mass is 16.4. The molecule has 2 heterocycles. The molecule has 5 heteroatoms. The number of nitrogens with zero attached hydrogens (tertiary/aromatic N) is 2. The third-order valence-electron chi connectivity index (χ3n) is 5.64. The van der Waals surface area contributed by atoms with Crippen LogP contribution in [0, 0.1) is 5.92 Å². The van der Waals surface area contributed by atoms with Gasteiger partial charge in [-0.3, -0.25) is 9.69 Å². The number of rotatable bonds is 4. The Morgan fingerprint density at radius 1 is 1.04 bits per heavy atom. The van der Waals surface area contributed by atoms with Gasteiger partial charge in [-0.25, -0.2) is 4.79 Å². The van der Waals surface area contributed by atoms with E-state index < -0.39 is 5.97 Å². The standard InChI is InChI=1S/C20H28N2O3/c1-14(2)19(23)21-11-8-18(9-12-21)22-10-7-17(13-22)15-3-5-16(6-4-15)20(24)25/h3-6,14,17-18H,7-13H2,1-2H3,(H,24,25). The number of hydrogen-bond acceptors (Lipinski definition) is 3. The second kappa shape index (κ2) is 7.56. The van der Waals surface area contributed by atoms with Crippen molar-refractivity contribution < 1.29 is 14.7 Å². The van der Waals surface area contributed by atoms with E-state index in [0.717, 1.165) is 45.4 Å². The third-order valence-corrected chi connectivity index (χ3v) is 5.64. The van der Waals surface area contributed by atoms with Crippen molar-refractivity contribution in [2.45, 2.75) is 45.1 Å². The van der Waals surface area contributed by atoms with Crippen LogP contribution in [0.3, 0.4) is 0 Å². The van der Waals surface area contributed by atoms with Gasteiger partial charge >= 0.3 is 5.97 Å². The summed E-state index contributed by atoms with van der Waals surface area (Å²) in [4.78, 5) is 27.7. The fraction of sp³-hybridized carbons (Fsp3) is 0.600. The number of amides is 1. The molecule has 1 atom stereocenters. The van der Waals surface area contributed by atoms with Crippen molar-refractivity contribution in [1.29, 1.82) is 0 Å². The van der Waals surface area contributed by atoms with E-state index in [9.17, 15) is 9.59 Å². The summed E-state index contributed by atoms with van der Waals surface area (Å²) in [7, 11) is 0. The van der Waals surface area contributed by atoms with Gasteiger partial charge in [0.1, 0.15) is 0 Å². The fourth-order valence-corrected chi connectivity index (χ4v) is 4.11. The van der Waals surface area contributed by atoms with Crippen LogP contribution in [0.2, 0.25) is 0 Å². The summed E-state index contributed by atoms with van der Waals surface area (Å²) in [5.41, 5.74) is 1.58. The zero-order chi connectivity index (χ0) is 18.0. The molecule has 1 unspecified atom stereocenters. The summed E-state index contributed by atoms with van der Waals surface area (Å²) in [5.74, 6) is -0.0294. The van der Waals surface area contributed by atoms with E-state index in [2.05, 4.69) is 4.90 Å². The first-order valence-electron chi connectivity index (χ1n) is 9.31. The highest BCUT2D eigenvalue weighted by molar-refractivity contribution is 5.87.